The number of carbonyl (C=O) groups excluding carboxylic acids is 1. The van der Waals surface area contributed by atoms with Crippen molar-refractivity contribution in [3.8, 4) is 0 Å². The molecule has 98 valence electrons. The number of hydrogen-bond donors (Lipinski definition) is 1. The average molecular weight is 321 g/mol. The summed E-state index contributed by atoms with van der Waals surface area (Å²) >= 11 is 3.33. The summed E-state index contributed by atoms with van der Waals surface area (Å²) in [7, 11) is 0. The molecule has 0 saturated carbocycles. The monoisotopic (exact) mass is 320 g/mol. The Labute approximate surface area is 119 Å². The average Bonchev–Trinajstić information content (AvgIpc) is 2.33. The Morgan fingerprint density at radius 3 is 2.79 bits per heavy atom. The number of aromatic nitrogens is 1. The predicted molar refractivity (Wildman–Crippen MR) is 78.2 cm³/mol. The van der Waals surface area contributed by atoms with E-state index in [9.17, 15) is 9.59 Å². The number of halogens is 1. The zero-order valence-electron chi connectivity index (χ0n) is 10.4. The van der Waals surface area contributed by atoms with Crippen LogP contribution in [0.4, 0.5) is 5.69 Å². The van der Waals surface area contributed by atoms with Crippen molar-refractivity contribution in [1.82, 2.24) is 4.57 Å². The van der Waals surface area contributed by atoms with E-state index in [4.69, 9.17) is 0 Å². The zero-order valence-corrected chi connectivity index (χ0v) is 12.0. The van der Waals surface area contributed by atoms with Gasteiger partial charge in [-0.2, -0.15) is 0 Å². The van der Waals surface area contributed by atoms with Crippen molar-refractivity contribution < 1.29 is 4.79 Å². The number of aryl methyl sites for hydroxylation is 1. The van der Waals surface area contributed by atoms with Crippen molar-refractivity contribution in [2.75, 3.05) is 5.32 Å². The number of pyridine rings is 1. The van der Waals surface area contributed by atoms with Crippen LogP contribution in [-0.4, -0.2) is 10.5 Å². The lowest BCUT2D eigenvalue weighted by molar-refractivity contribution is -0.116. The Bertz CT molecular complexity index is 664. The Morgan fingerprint density at radius 1 is 1.32 bits per heavy atom. The van der Waals surface area contributed by atoms with Gasteiger partial charge in [0.05, 0.1) is 0 Å². The topological polar surface area (TPSA) is 51.1 Å². The van der Waals surface area contributed by atoms with E-state index in [-0.39, 0.29) is 18.0 Å². The first-order valence-corrected chi connectivity index (χ1v) is 6.56. The number of carbonyl (C=O) groups is 1. The van der Waals surface area contributed by atoms with Crippen molar-refractivity contribution in [2.45, 2.75) is 13.5 Å². The smallest absolute Gasteiger partial charge is 0.251 e. The molecule has 1 aromatic heterocycles. The molecular formula is C14H13BrN2O2. The van der Waals surface area contributed by atoms with E-state index in [2.05, 4.69) is 21.2 Å². The maximum absolute atomic E-state index is 11.8. The molecule has 0 fully saturated rings. The van der Waals surface area contributed by atoms with Gasteiger partial charge in [0.1, 0.15) is 6.54 Å². The zero-order chi connectivity index (χ0) is 13.8. The van der Waals surface area contributed by atoms with Gasteiger partial charge >= 0.3 is 0 Å². The van der Waals surface area contributed by atoms with Crippen molar-refractivity contribution >= 4 is 27.5 Å². The lowest BCUT2D eigenvalue weighted by atomic mass is 10.3. The molecule has 0 unspecified atom stereocenters. The first kappa shape index (κ1) is 13.5. The second-order valence-corrected chi connectivity index (χ2v) is 5.14. The van der Waals surface area contributed by atoms with Gasteiger partial charge in [0.2, 0.25) is 5.91 Å². The van der Waals surface area contributed by atoms with Crippen LogP contribution >= 0.6 is 15.9 Å². The van der Waals surface area contributed by atoms with E-state index in [1.54, 1.807) is 24.4 Å². The van der Waals surface area contributed by atoms with E-state index in [0.717, 1.165) is 10.0 Å². The second-order valence-electron chi connectivity index (χ2n) is 4.23. The van der Waals surface area contributed by atoms with Crippen LogP contribution < -0.4 is 10.9 Å². The highest BCUT2D eigenvalue weighted by Gasteiger charge is 2.05. The van der Waals surface area contributed by atoms with Gasteiger partial charge in [-0.05, 0) is 36.8 Å². The Kier molecular flexibility index (Phi) is 4.16. The molecule has 0 radical (unpaired) electrons. The van der Waals surface area contributed by atoms with Gasteiger partial charge in [0.15, 0.2) is 0 Å². The van der Waals surface area contributed by atoms with Crippen LogP contribution in [0.2, 0.25) is 0 Å². The number of amides is 1. The van der Waals surface area contributed by atoms with Gasteiger partial charge in [-0.1, -0.05) is 22.0 Å². The number of anilines is 1. The second kappa shape index (κ2) is 5.84. The molecular weight excluding hydrogens is 308 g/mol. The van der Waals surface area contributed by atoms with E-state index in [1.807, 2.05) is 19.1 Å². The molecule has 1 heterocycles. The number of nitrogens with one attached hydrogen (secondary N) is 1. The van der Waals surface area contributed by atoms with Gasteiger partial charge in [0.25, 0.3) is 5.56 Å². The molecule has 2 rings (SSSR count). The van der Waals surface area contributed by atoms with Gasteiger partial charge in [-0.15, -0.1) is 0 Å². The van der Waals surface area contributed by atoms with Crippen LogP contribution in [0.3, 0.4) is 0 Å². The minimum Gasteiger partial charge on any atom is -0.324 e. The highest BCUT2D eigenvalue weighted by molar-refractivity contribution is 9.10. The third kappa shape index (κ3) is 3.79. The molecule has 1 aromatic carbocycles. The highest BCUT2D eigenvalue weighted by Crippen LogP contribution is 2.15. The van der Waals surface area contributed by atoms with Crippen LogP contribution in [0, 0.1) is 6.92 Å². The van der Waals surface area contributed by atoms with E-state index in [1.165, 1.54) is 10.6 Å². The van der Waals surface area contributed by atoms with Gasteiger partial charge in [-0.3, -0.25) is 9.59 Å². The first-order valence-electron chi connectivity index (χ1n) is 5.77. The molecule has 0 aliphatic rings. The summed E-state index contributed by atoms with van der Waals surface area (Å²) < 4.78 is 2.26. The molecule has 0 aliphatic carbocycles. The summed E-state index contributed by atoms with van der Waals surface area (Å²) in [6.45, 7) is 1.85. The molecule has 0 atom stereocenters. The van der Waals surface area contributed by atoms with E-state index in [0.29, 0.717) is 5.69 Å². The van der Waals surface area contributed by atoms with E-state index < -0.39 is 0 Å². The highest BCUT2D eigenvalue weighted by atomic mass is 79.9. The fourth-order valence-electron chi connectivity index (χ4n) is 1.66. The molecule has 1 amide bonds. The van der Waals surface area contributed by atoms with Crippen molar-refractivity contribution in [3.05, 3.63) is 63.0 Å². The molecule has 0 bridgehead atoms. The third-order valence-electron chi connectivity index (χ3n) is 2.57. The first-order chi connectivity index (χ1) is 9.04. The molecule has 2 aromatic rings. The number of nitrogens with zero attached hydrogens (tertiary/aromatic N) is 1. The quantitative estimate of drug-likeness (QED) is 0.944. The maximum Gasteiger partial charge on any atom is 0.251 e. The number of hydrogen-bond acceptors (Lipinski definition) is 2. The molecule has 4 nitrogen and oxygen atoms in total. The Hall–Kier alpha value is -1.88. The Balaban J connectivity index is 2.07. The molecule has 0 spiro atoms. The van der Waals surface area contributed by atoms with Crippen molar-refractivity contribution in [2.24, 2.45) is 0 Å². The fourth-order valence-corrected chi connectivity index (χ4v) is 2.06. The molecule has 0 aliphatic heterocycles. The standard InChI is InChI=1S/C14H13BrN2O2/c1-10-5-6-17(14(19)7-10)9-13(18)16-12-4-2-3-11(15)8-12/h2-8H,9H2,1H3,(H,16,18). The minimum absolute atomic E-state index is 0.00558. The summed E-state index contributed by atoms with van der Waals surface area (Å²) in [5, 5.41) is 2.74. The van der Waals surface area contributed by atoms with Gasteiger partial charge in [-0.25, -0.2) is 0 Å². The van der Waals surface area contributed by atoms with Gasteiger partial charge in [0, 0.05) is 22.4 Å². The third-order valence-corrected chi connectivity index (χ3v) is 3.07. The van der Waals surface area contributed by atoms with Crippen LogP contribution in [0.5, 0.6) is 0 Å². The van der Waals surface area contributed by atoms with Crippen molar-refractivity contribution in [3.63, 3.8) is 0 Å². The Morgan fingerprint density at radius 2 is 2.11 bits per heavy atom. The largest absolute Gasteiger partial charge is 0.324 e. The summed E-state index contributed by atoms with van der Waals surface area (Å²) in [4.78, 5) is 23.5. The lowest BCUT2D eigenvalue weighted by Crippen LogP contribution is -2.26. The predicted octanol–water partition coefficient (Wildman–Crippen LogP) is 2.56. The van der Waals surface area contributed by atoms with E-state index >= 15 is 0 Å². The molecule has 5 heteroatoms. The summed E-state index contributed by atoms with van der Waals surface area (Å²) in [5.41, 5.74) is 1.40. The molecule has 0 saturated heterocycles. The summed E-state index contributed by atoms with van der Waals surface area (Å²) in [5.74, 6) is -0.232. The molecule has 1 N–H and O–H groups in total. The molecule has 19 heavy (non-hydrogen) atoms. The number of benzene rings is 1. The minimum atomic E-state index is -0.232. The lowest BCUT2D eigenvalue weighted by Gasteiger charge is -2.07. The SMILES string of the molecule is Cc1ccn(CC(=O)Nc2cccc(Br)c2)c(=O)c1. The fraction of sp³-hybridized carbons (Fsp3) is 0.143. The normalized spacial score (nSPS) is 10.2. The van der Waals surface area contributed by atoms with Crippen molar-refractivity contribution in [1.29, 1.82) is 0 Å². The van der Waals surface area contributed by atoms with Gasteiger partial charge < -0.3 is 9.88 Å². The summed E-state index contributed by atoms with van der Waals surface area (Å²) in [6, 6.07) is 10.6. The van der Waals surface area contributed by atoms with Crippen LogP contribution in [-0.2, 0) is 11.3 Å². The summed E-state index contributed by atoms with van der Waals surface area (Å²) in [6.07, 6.45) is 1.62. The van der Waals surface area contributed by atoms with Crippen LogP contribution in [0.25, 0.3) is 0 Å². The van der Waals surface area contributed by atoms with Crippen LogP contribution in [0.15, 0.2) is 51.9 Å². The van der Waals surface area contributed by atoms with Crippen LogP contribution in [0.1, 0.15) is 5.56 Å². The number of rotatable bonds is 3. The maximum atomic E-state index is 11.8.